The fourth-order valence-corrected chi connectivity index (χ4v) is 4.62. The molecule has 2 aromatic carbocycles. The number of hydrogen-bond donors (Lipinski definition) is 1. The molecule has 0 atom stereocenters. The Hall–Kier alpha value is -3.09. The van der Waals surface area contributed by atoms with Crippen molar-refractivity contribution in [2.45, 2.75) is 18.7 Å². The summed E-state index contributed by atoms with van der Waals surface area (Å²) in [5, 5.41) is 18.3. The van der Waals surface area contributed by atoms with Crippen LogP contribution in [-0.2, 0) is 10.0 Å². The lowest BCUT2D eigenvalue weighted by molar-refractivity contribution is 0.126. The summed E-state index contributed by atoms with van der Waals surface area (Å²) in [7, 11) is -3.98. The van der Waals surface area contributed by atoms with Gasteiger partial charge in [-0.3, -0.25) is 0 Å². The maximum atomic E-state index is 13.3. The van der Waals surface area contributed by atoms with Gasteiger partial charge in [0.05, 0.1) is 11.6 Å². The lowest BCUT2D eigenvalue weighted by Gasteiger charge is -2.32. The topological polar surface area (TPSA) is 111 Å². The van der Waals surface area contributed by atoms with Gasteiger partial charge in [0, 0.05) is 26.2 Å². The van der Waals surface area contributed by atoms with Crippen molar-refractivity contribution in [2.24, 2.45) is 0 Å². The molecule has 0 radical (unpaired) electrons. The van der Waals surface area contributed by atoms with E-state index in [1.165, 1.54) is 27.4 Å². The minimum Gasteiger partial charge on any atom is -0.465 e. The van der Waals surface area contributed by atoms with Gasteiger partial charge in [-0.05, 0) is 49.2 Å². The van der Waals surface area contributed by atoms with E-state index in [1.54, 1.807) is 0 Å². The first kappa shape index (κ1) is 20.6. The zero-order chi connectivity index (χ0) is 21.2. The van der Waals surface area contributed by atoms with Crippen LogP contribution in [0.2, 0.25) is 0 Å². The van der Waals surface area contributed by atoms with Gasteiger partial charge < -0.3 is 14.7 Å². The summed E-state index contributed by atoms with van der Waals surface area (Å²) in [5.74, 6) is 0.653. The van der Waals surface area contributed by atoms with Gasteiger partial charge in [0.2, 0.25) is 10.0 Å². The highest BCUT2D eigenvalue weighted by molar-refractivity contribution is 7.89. The average molecular weight is 415 g/mol. The number of sulfonamides is 1. The number of carboxylic acid groups (broad SMARTS) is 1. The molecule has 1 aliphatic heterocycles. The first-order chi connectivity index (χ1) is 13.7. The van der Waals surface area contributed by atoms with Crippen LogP contribution in [0.4, 0.5) is 4.79 Å². The van der Waals surface area contributed by atoms with Crippen molar-refractivity contribution in [3.05, 3.63) is 53.1 Å². The second kappa shape index (κ2) is 8.11. The van der Waals surface area contributed by atoms with Crippen LogP contribution in [0, 0.1) is 25.2 Å². The Morgan fingerprint density at radius 1 is 1.07 bits per heavy atom. The lowest BCUT2D eigenvalue weighted by atomic mass is 10.1. The zero-order valence-corrected chi connectivity index (χ0v) is 16.9. The highest BCUT2D eigenvalue weighted by atomic mass is 32.2. The molecule has 0 bridgehead atoms. The van der Waals surface area contributed by atoms with Crippen molar-refractivity contribution < 1.29 is 23.1 Å². The SMILES string of the molecule is Cc1ccc(C)c(Oc2ccc(C#N)cc2S(=O)(=O)N2CCN(C(=O)O)CC2)c1. The van der Waals surface area contributed by atoms with E-state index in [9.17, 15) is 18.5 Å². The van der Waals surface area contributed by atoms with Crippen molar-refractivity contribution in [1.29, 1.82) is 5.26 Å². The van der Waals surface area contributed by atoms with Crippen molar-refractivity contribution in [1.82, 2.24) is 9.21 Å². The van der Waals surface area contributed by atoms with Gasteiger partial charge >= 0.3 is 6.09 Å². The van der Waals surface area contributed by atoms with E-state index in [0.717, 1.165) is 11.1 Å². The number of rotatable bonds is 4. The number of aryl methyl sites for hydroxylation is 2. The number of carbonyl (C=O) groups is 1. The number of nitrogens with zero attached hydrogens (tertiary/aromatic N) is 3. The van der Waals surface area contributed by atoms with Gasteiger partial charge in [-0.25, -0.2) is 13.2 Å². The quantitative estimate of drug-likeness (QED) is 0.822. The smallest absolute Gasteiger partial charge is 0.407 e. The minimum absolute atomic E-state index is 0.0360. The van der Waals surface area contributed by atoms with Crippen LogP contribution in [0.5, 0.6) is 11.5 Å². The third-order valence-electron chi connectivity index (χ3n) is 4.76. The second-order valence-electron chi connectivity index (χ2n) is 6.82. The molecule has 0 unspecified atom stereocenters. The molecule has 3 rings (SSSR count). The number of hydrogen-bond acceptors (Lipinski definition) is 5. The molecule has 1 fully saturated rings. The summed E-state index contributed by atoms with van der Waals surface area (Å²) in [5.41, 5.74) is 2.01. The van der Waals surface area contributed by atoms with Gasteiger partial charge in [0.1, 0.15) is 16.4 Å². The van der Waals surface area contributed by atoms with E-state index in [0.29, 0.717) is 5.75 Å². The molecule has 0 saturated carbocycles. The molecule has 1 saturated heterocycles. The Morgan fingerprint density at radius 3 is 2.38 bits per heavy atom. The maximum Gasteiger partial charge on any atom is 0.407 e. The molecule has 0 spiro atoms. The molecule has 8 nitrogen and oxygen atoms in total. The molecular formula is C20H21N3O5S. The van der Waals surface area contributed by atoms with E-state index < -0.39 is 16.1 Å². The van der Waals surface area contributed by atoms with Crippen LogP contribution in [0.15, 0.2) is 41.3 Å². The predicted molar refractivity (Wildman–Crippen MR) is 106 cm³/mol. The van der Waals surface area contributed by atoms with E-state index in [4.69, 9.17) is 9.84 Å². The largest absolute Gasteiger partial charge is 0.465 e. The van der Waals surface area contributed by atoms with Gasteiger partial charge in [-0.1, -0.05) is 12.1 Å². The average Bonchev–Trinajstić information content (AvgIpc) is 2.71. The summed E-state index contributed by atoms with van der Waals surface area (Å²) in [6.45, 7) is 4.00. The number of nitriles is 1. The van der Waals surface area contributed by atoms with Gasteiger partial charge in [0.25, 0.3) is 0 Å². The Morgan fingerprint density at radius 2 is 1.76 bits per heavy atom. The lowest BCUT2D eigenvalue weighted by Crippen LogP contribution is -2.50. The first-order valence-corrected chi connectivity index (χ1v) is 10.4. The van der Waals surface area contributed by atoms with Crippen LogP contribution in [0.3, 0.4) is 0 Å². The van der Waals surface area contributed by atoms with Crippen LogP contribution < -0.4 is 4.74 Å². The van der Waals surface area contributed by atoms with Gasteiger partial charge in [0.15, 0.2) is 0 Å². The van der Waals surface area contributed by atoms with Crippen LogP contribution in [0.1, 0.15) is 16.7 Å². The molecule has 1 amide bonds. The highest BCUT2D eigenvalue weighted by Gasteiger charge is 2.32. The van der Waals surface area contributed by atoms with Crippen molar-refractivity contribution >= 4 is 16.1 Å². The Balaban J connectivity index is 1.98. The fraction of sp³-hybridized carbons (Fsp3) is 0.300. The number of ether oxygens (including phenoxy) is 1. The normalized spacial score (nSPS) is 15.0. The molecule has 0 aliphatic carbocycles. The van der Waals surface area contributed by atoms with Crippen LogP contribution in [-0.4, -0.2) is 55.0 Å². The standard InChI is InChI=1S/C20H21N3O5S/c1-14-3-4-15(2)18(11-14)28-17-6-5-16(13-21)12-19(17)29(26,27)23-9-7-22(8-10-23)20(24)25/h3-6,11-12H,7-10H2,1-2H3,(H,24,25). The molecule has 29 heavy (non-hydrogen) atoms. The molecule has 1 N–H and O–H groups in total. The molecule has 1 heterocycles. The number of piperazine rings is 1. The monoisotopic (exact) mass is 415 g/mol. The summed E-state index contributed by atoms with van der Waals surface area (Å²) >= 11 is 0. The predicted octanol–water partition coefficient (Wildman–Crippen LogP) is 2.95. The molecule has 152 valence electrons. The van der Waals surface area contributed by atoms with E-state index in [1.807, 2.05) is 38.1 Å². The second-order valence-corrected chi connectivity index (χ2v) is 8.72. The van der Waals surface area contributed by atoms with E-state index >= 15 is 0 Å². The van der Waals surface area contributed by atoms with Gasteiger partial charge in [-0.15, -0.1) is 0 Å². The molecule has 9 heteroatoms. The van der Waals surface area contributed by atoms with Crippen molar-refractivity contribution in [3.8, 4) is 17.6 Å². The third kappa shape index (κ3) is 4.34. The maximum absolute atomic E-state index is 13.3. The first-order valence-electron chi connectivity index (χ1n) is 8.99. The molecule has 2 aromatic rings. The Labute approximate surface area is 169 Å². The number of amides is 1. The summed E-state index contributed by atoms with van der Waals surface area (Å²) in [4.78, 5) is 12.1. The van der Waals surface area contributed by atoms with Crippen LogP contribution in [0.25, 0.3) is 0 Å². The summed E-state index contributed by atoms with van der Waals surface area (Å²) in [6.07, 6.45) is -1.08. The zero-order valence-electron chi connectivity index (χ0n) is 16.1. The highest BCUT2D eigenvalue weighted by Crippen LogP contribution is 2.34. The molecule has 1 aliphatic rings. The minimum atomic E-state index is -3.98. The van der Waals surface area contributed by atoms with Gasteiger partial charge in [-0.2, -0.15) is 9.57 Å². The third-order valence-corrected chi connectivity index (χ3v) is 6.68. The Kier molecular flexibility index (Phi) is 5.77. The van der Waals surface area contributed by atoms with Crippen molar-refractivity contribution in [3.63, 3.8) is 0 Å². The van der Waals surface area contributed by atoms with Crippen molar-refractivity contribution in [2.75, 3.05) is 26.2 Å². The molecule has 0 aromatic heterocycles. The van der Waals surface area contributed by atoms with E-state index in [2.05, 4.69) is 0 Å². The number of benzene rings is 2. The summed E-state index contributed by atoms with van der Waals surface area (Å²) in [6, 6.07) is 11.8. The Bertz CT molecular complexity index is 1080. The molecular weight excluding hydrogens is 394 g/mol. The van der Waals surface area contributed by atoms with E-state index in [-0.39, 0.29) is 42.4 Å². The van der Waals surface area contributed by atoms with Crippen LogP contribution >= 0.6 is 0 Å². The summed E-state index contributed by atoms with van der Waals surface area (Å²) < 4.78 is 33.7. The fourth-order valence-electron chi connectivity index (χ4n) is 3.06.